The van der Waals surface area contributed by atoms with Crippen LogP contribution in [-0.2, 0) is 9.59 Å². The highest BCUT2D eigenvalue weighted by molar-refractivity contribution is 8.14. The topological polar surface area (TPSA) is 66.5 Å². The van der Waals surface area contributed by atoms with Crippen LogP contribution in [0.25, 0.3) is 0 Å². The predicted octanol–water partition coefficient (Wildman–Crippen LogP) is 0.941. The Bertz CT molecular complexity index is 294. The number of nitrogens with one attached hydrogen (secondary N) is 1. The average Bonchev–Trinajstić information content (AvgIpc) is 2.61. The minimum atomic E-state index is -0.216. The van der Waals surface area contributed by atoms with E-state index in [1.165, 1.54) is 4.90 Å². The van der Waals surface area contributed by atoms with Crippen molar-refractivity contribution >= 4 is 40.6 Å². The monoisotopic (exact) mass is 276 g/mol. The minimum Gasteiger partial charge on any atom is -0.354 e. The number of carbonyl (C=O) groups is 3. The van der Waals surface area contributed by atoms with Gasteiger partial charge in [-0.3, -0.25) is 19.3 Å². The Balaban J connectivity index is 2.12. The fourth-order valence-corrected chi connectivity index (χ4v) is 2.55. The molecule has 3 amide bonds. The van der Waals surface area contributed by atoms with Crippen molar-refractivity contribution in [3.8, 4) is 0 Å². The molecule has 1 saturated heterocycles. The summed E-state index contributed by atoms with van der Waals surface area (Å²) in [6.45, 7) is 0.620. The second kappa shape index (κ2) is 7.60. The number of thioether (sulfide) groups is 2. The molecule has 0 saturated carbocycles. The van der Waals surface area contributed by atoms with Crippen molar-refractivity contribution in [1.29, 1.82) is 0 Å². The second-order valence-corrected chi connectivity index (χ2v) is 5.46. The molecule has 0 aromatic carbocycles. The Morgan fingerprint density at radius 3 is 2.88 bits per heavy atom. The first-order chi connectivity index (χ1) is 8.15. The fourth-order valence-electron chi connectivity index (χ4n) is 1.37. The summed E-state index contributed by atoms with van der Waals surface area (Å²) in [5, 5.41) is 2.49. The number of amides is 3. The van der Waals surface area contributed by atoms with Gasteiger partial charge in [-0.1, -0.05) is 11.8 Å². The quantitative estimate of drug-likeness (QED) is 0.701. The zero-order valence-corrected chi connectivity index (χ0v) is 11.4. The summed E-state index contributed by atoms with van der Waals surface area (Å²) < 4.78 is 0. The maximum absolute atomic E-state index is 11.3. The fraction of sp³-hybridized carbons (Fsp3) is 0.700. The lowest BCUT2D eigenvalue weighted by Gasteiger charge is -2.12. The predicted molar refractivity (Wildman–Crippen MR) is 70.2 cm³/mol. The van der Waals surface area contributed by atoms with Gasteiger partial charge in [-0.25, -0.2) is 0 Å². The lowest BCUT2D eigenvalue weighted by Crippen LogP contribution is -2.37. The molecule has 0 aliphatic carbocycles. The van der Waals surface area contributed by atoms with E-state index in [4.69, 9.17) is 0 Å². The molecule has 1 fully saturated rings. The first-order valence-electron chi connectivity index (χ1n) is 5.38. The minimum absolute atomic E-state index is 0.0224. The zero-order valence-electron chi connectivity index (χ0n) is 9.73. The lowest BCUT2D eigenvalue weighted by atomic mass is 10.3. The van der Waals surface area contributed by atoms with E-state index in [1.807, 2.05) is 6.26 Å². The van der Waals surface area contributed by atoms with Crippen LogP contribution in [0, 0.1) is 0 Å². The molecule has 1 aliphatic rings. The van der Waals surface area contributed by atoms with Gasteiger partial charge >= 0.3 is 0 Å². The molecule has 7 heteroatoms. The summed E-state index contributed by atoms with van der Waals surface area (Å²) in [5.74, 6) is 0.996. The number of nitrogens with zero attached hydrogens (tertiary/aromatic N) is 1. The highest BCUT2D eigenvalue weighted by Gasteiger charge is 2.29. The second-order valence-electron chi connectivity index (χ2n) is 3.55. The van der Waals surface area contributed by atoms with Crippen molar-refractivity contribution in [3.05, 3.63) is 0 Å². The van der Waals surface area contributed by atoms with Crippen LogP contribution in [0.5, 0.6) is 0 Å². The first kappa shape index (κ1) is 14.4. The van der Waals surface area contributed by atoms with Crippen LogP contribution in [0.2, 0.25) is 0 Å². The van der Waals surface area contributed by atoms with Crippen molar-refractivity contribution in [3.63, 3.8) is 0 Å². The van der Waals surface area contributed by atoms with E-state index in [-0.39, 0.29) is 29.4 Å². The SMILES string of the molecule is CSCCCC(=O)NCCN1C(=O)CSC1=O. The molecule has 1 N–H and O–H groups in total. The van der Waals surface area contributed by atoms with Crippen molar-refractivity contribution in [2.24, 2.45) is 0 Å². The third-order valence-corrected chi connectivity index (χ3v) is 3.81. The molecule has 0 aromatic rings. The summed E-state index contributed by atoms with van der Waals surface area (Å²) in [4.78, 5) is 35.0. The third kappa shape index (κ3) is 4.99. The van der Waals surface area contributed by atoms with Gasteiger partial charge in [0.25, 0.3) is 5.24 Å². The van der Waals surface area contributed by atoms with E-state index >= 15 is 0 Å². The zero-order chi connectivity index (χ0) is 12.7. The molecular weight excluding hydrogens is 260 g/mol. The Hall–Kier alpha value is -0.690. The molecular formula is C10H16N2O3S2. The van der Waals surface area contributed by atoms with E-state index in [0.717, 1.165) is 23.9 Å². The van der Waals surface area contributed by atoms with E-state index in [2.05, 4.69) is 5.32 Å². The van der Waals surface area contributed by atoms with Gasteiger partial charge < -0.3 is 5.32 Å². The third-order valence-electron chi connectivity index (χ3n) is 2.25. The van der Waals surface area contributed by atoms with Gasteiger partial charge in [0.15, 0.2) is 0 Å². The summed E-state index contributed by atoms with van der Waals surface area (Å²) in [5.41, 5.74) is 0. The van der Waals surface area contributed by atoms with Gasteiger partial charge in [-0.05, 0) is 18.4 Å². The number of carbonyl (C=O) groups excluding carboxylic acids is 3. The molecule has 0 radical (unpaired) electrons. The van der Waals surface area contributed by atoms with E-state index in [0.29, 0.717) is 13.0 Å². The van der Waals surface area contributed by atoms with Crippen LogP contribution in [0.3, 0.4) is 0 Å². The molecule has 17 heavy (non-hydrogen) atoms. The largest absolute Gasteiger partial charge is 0.354 e. The van der Waals surface area contributed by atoms with Crippen LogP contribution in [-0.4, -0.2) is 52.8 Å². The maximum atomic E-state index is 11.3. The van der Waals surface area contributed by atoms with Gasteiger partial charge in [0.05, 0.1) is 5.75 Å². The van der Waals surface area contributed by atoms with Crippen LogP contribution >= 0.6 is 23.5 Å². The summed E-state index contributed by atoms with van der Waals surface area (Å²) in [6.07, 6.45) is 3.35. The molecule has 96 valence electrons. The van der Waals surface area contributed by atoms with E-state index in [9.17, 15) is 14.4 Å². The van der Waals surface area contributed by atoms with Crippen LogP contribution in [0.1, 0.15) is 12.8 Å². The number of rotatable bonds is 7. The van der Waals surface area contributed by atoms with Gasteiger partial charge in [0.1, 0.15) is 0 Å². The van der Waals surface area contributed by atoms with Gasteiger partial charge in [-0.15, -0.1) is 0 Å². The lowest BCUT2D eigenvalue weighted by molar-refractivity contribution is -0.125. The molecule has 1 heterocycles. The van der Waals surface area contributed by atoms with Crippen LogP contribution in [0.4, 0.5) is 4.79 Å². The number of hydrogen-bond acceptors (Lipinski definition) is 5. The molecule has 0 atom stereocenters. The van der Waals surface area contributed by atoms with Gasteiger partial charge in [0, 0.05) is 19.5 Å². The molecule has 1 aliphatic heterocycles. The number of hydrogen-bond donors (Lipinski definition) is 1. The van der Waals surface area contributed by atoms with Crippen LogP contribution < -0.4 is 5.32 Å². The Labute approximate surface area is 109 Å². The highest BCUT2D eigenvalue weighted by Crippen LogP contribution is 2.17. The Morgan fingerprint density at radius 2 is 2.29 bits per heavy atom. The first-order valence-corrected chi connectivity index (χ1v) is 7.76. The van der Waals surface area contributed by atoms with E-state index < -0.39 is 0 Å². The Morgan fingerprint density at radius 1 is 1.53 bits per heavy atom. The van der Waals surface area contributed by atoms with Crippen molar-refractivity contribution in [2.75, 3.05) is 30.9 Å². The van der Waals surface area contributed by atoms with Crippen molar-refractivity contribution < 1.29 is 14.4 Å². The molecule has 0 spiro atoms. The normalized spacial score (nSPS) is 15.5. The molecule has 5 nitrogen and oxygen atoms in total. The Kier molecular flexibility index (Phi) is 6.43. The van der Waals surface area contributed by atoms with Crippen LogP contribution in [0.15, 0.2) is 0 Å². The maximum Gasteiger partial charge on any atom is 0.288 e. The summed E-state index contributed by atoms with van der Waals surface area (Å²) in [6, 6.07) is 0. The molecule has 0 aromatic heterocycles. The summed E-state index contributed by atoms with van der Waals surface area (Å²) in [7, 11) is 0. The molecule has 0 bridgehead atoms. The number of imide groups is 1. The van der Waals surface area contributed by atoms with Crippen molar-refractivity contribution in [2.45, 2.75) is 12.8 Å². The van der Waals surface area contributed by atoms with Gasteiger partial charge in [0.2, 0.25) is 11.8 Å². The van der Waals surface area contributed by atoms with Crippen molar-refractivity contribution in [1.82, 2.24) is 10.2 Å². The summed E-state index contributed by atoms with van der Waals surface area (Å²) >= 11 is 2.72. The smallest absolute Gasteiger partial charge is 0.288 e. The highest BCUT2D eigenvalue weighted by atomic mass is 32.2. The van der Waals surface area contributed by atoms with E-state index in [1.54, 1.807) is 11.8 Å². The average molecular weight is 276 g/mol. The van der Waals surface area contributed by atoms with Gasteiger partial charge in [-0.2, -0.15) is 11.8 Å². The molecule has 0 unspecified atom stereocenters. The molecule has 1 rings (SSSR count). The standard InChI is InChI=1S/C10H16N2O3S2/c1-16-6-2-3-8(13)11-4-5-12-9(14)7-17-10(12)15/h2-7H2,1H3,(H,11,13).